The predicted molar refractivity (Wildman–Crippen MR) is 91.2 cm³/mol. The molecule has 1 amide bonds. The van der Waals surface area contributed by atoms with Crippen LogP contribution in [0, 0.1) is 0 Å². The average molecular weight is 368 g/mol. The largest absolute Gasteiger partial charge is 0.481 e. The van der Waals surface area contributed by atoms with Crippen molar-refractivity contribution >= 4 is 35.3 Å². The molecule has 2 aromatic rings. The lowest BCUT2D eigenvalue weighted by Crippen LogP contribution is -2.30. The molecule has 0 heterocycles. The molecule has 0 saturated heterocycles. The van der Waals surface area contributed by atoms with Crippen molar-refractivity contribution in [1.82, 2.24) is 5.32 Å². The Morgan fingerprint density at radius 1 is 1.08 bits per heavy atom. The van der Waals surface area contributed by atoms with Crippen LogP contribution >= 0.6 is 23.2 Å². The van der Waals surface area contributed by atoms with E-state index in [-0.39, 0.29) is 18.1 Å². The van der Waals surface area contributed by atoms with Gasteiger partial charge in [0.2, 0.25) is 0 Å². The van der Waals surface area contributed by atoms with Gasteiger partial charge in [-0.15, -0.1) is 0 Å². The lowest BCUT2D eigenvalue weighted by Gasteiger charge is -2.18. The van der Waals surface area contributed by atoms with Gasteiger partial charge in [0.1, 0.15) is 6.61 Å². The summed E-state index contributed by atoms with van der Waals surface area (Å²) in [6.07, 6.45) is -1.02. The molecule has 0 saturated carbocycles. The van der Waals surface area contributed by atoms with Crippen molar-refractivity contribution in [1.29, 1.82) is 0 Å². The van der Waals surface area contributed by atoms with Crippen molar-refractivity contribution in [2.45, 2.75) is 19.1 Å². The summed E-state index contributed by atoms with van der Waals surface area (Å²) in [7, 11) is 0. The first-order valence-corrected chi connectivity index (χ1v) is 7.85. The lowest BCUT2D eigenvalue weighted by molar-refractivity contribution is -0.137. The van der Waals surface area contributed by atoms with Gasteiger partial charge in [0, 0.05) is 0 Å². The van der Waals surface area contributed by atoms with E-state index in [1.165, 1.54) is 6.07 Å². The van der Waals surface area contributed by atoms with Crippen molar-refractivity contribution in [3.63, 3.8) is 0 Å². The normalized spacial score (nSPS) is 11.6. The summed E-state index contributed by atoms with van der Waals surface area (Å²) in [6, 6.07) is 13.1. The minimum atomic E-state index is -1.06. The van der Waals surface area contributed by atoms with Crippen LogP contribution in [0.2, 0.25) is 10.0 Å². The van der Waals surface area contributed by atoms with Crippen molar-refractivity contribution in [3.05, 3.63) is 69.7 Å². The SMILES string of the molecule is O=C(O)CC(NC(=O)OCc1ccccc1)c1ccc(Cl)c(Cl)c1. The van der Waals surface area contributed by atoms with Crippen LogP contribution in [0.4, 0.5) is 4.79 Å². The smallest absolute Gasteiger partial charge is 0.407 e. The van der Waals surface area contributed by atoms with Crippen LogP contribution in [-0.2, 0) is 16.1 Å². The molecule has 2 N–H and O–H groups in total. The molecule has 0 aromatic heterocycles. The molecule has 1 atom stereocenters. The van der Waals surface area contributed by atoms with E-state index < -0.39 is 18.1 Å². The number of aliphatic carboxylic acids is 1. The fourth-order valence-electron chi connectivity index (χ4n) is 2.06. The van der Waals surface area contributed by atoms with Crippen molar-refractivity contribution in [2.75, 3.05) is 0 Å². The number of nitrogens with one attached hydrogen (secondary N) is 1. The molecule has 0 fully saturated rings. The molecule has 0 aliphatic carbocycles. The molecule has 2 rings (SSSR count). The topological polar surface area (TPSA) is 75.6 Å². The Labute approximate surface area is 149 Å². The quantitative estimate of drug-likeness (QED) is 0.791. The highest BCUT2D eigenvalue weighted by Gasteiger charge is 2.19. The number of amides is 1. The van der Waals surface area contributed by atoms with Crippen LogP contribution in [0.5, 0.6) is 0 Å². The van der Waals surface area contributed by atoms with Gasteiger partial charge >= 0.3 is 12.1 Å². The van der Waals surface area contributed by atoms with Gasteiger partial charge in [0.25, 0.3) is 0 Å². The van der Waals surface area contributed by atoms with Crippen LogP contribution < -0.4 is 5.32 Å². The Morgan fingerprint density at radius 2 is 1.79 bits per heavy atom. The number of hydrogen-bond donors (Lipinski definition) is 2. The summed E-state index contributed by atoms with van der Waals surface area (Å²) in [5.74, 6) is -1.06. The molecule has 0 spiro atoms. The van der Waals surface area contributed by atoms with Gasteiger partial charge in [-0.2, -0.15) is 0 Å². The molecule has 0 aliphatic heterocycles. The minimum Gasteiger partial charge on any atom is -0.481 e. The second-order valence-electron chi connectivity index (χ2n) is 5.03. The first-order chi connectivity index (χ1) is 11.5. The zero-order chi connectivity index (χ0) is 17.5. The molecule has 0 bridgehead atoms. The third-order valence-electron chi connectivity index (χ3n) is 3.23. The number of alkyl carbamates (subject to hydrolysis) is 1. The highest BCUT2D eigenvalue weighted by Crippen LogP contribution is 2.27. The minimum absolute atomic E-state index is 0.0911. The van der Waals surface area contributed by atoms with E-state index in [1.807, 2.05) is 30.3 Å². The molecular formula is C17H15Cl2NO4. The number of carboxylic acid groups (broad SMARTS) is 1. The van der Waals surface area contributed by atoms with E-state index in [9.17, 15) is 9.59 Å². The molecular weight excluding hydrogens is 353 g/mol. The van der Waals surface area contributed by atoms with Gasteiger partial charge in [-0.25, -0.2) is 4.79 Å². The van der Waals surface area contributed by atoms with Gasteiger partial charge in [0.05, 0.1) is 22.5 Å². The maximum Gasteiger partial charge on any atom is 0.407 e. The first-order valence-electron chi connectivity index (χ1n) is 7.09. The zero-order valence-electron chi connectivity index (χ0n) is 12.5. The summed E-state index contributed by atoms with van der Waals surface area (Å²) in [5.41, 5.74) is 1.36. The predicted octanol–water partition coefficient (Wildman–Crippen LogP) is 4.44. The lowest BCUT2D eigenvalue weighted by atomic mass is 10.0. The van der Waals surface area contributed by atoms with Crippen LogP contribution in [0.15, 0.2) is 48.5 Å². The maximum absolute atomic E-state index is 11.9. The summed E-state index contributed by atoms with van der Waals surface area (Å²) in [4.78, 5) is 23.0. The number of carbonyl (C=O) groups excluding carboxylic acids is 1. The first kappa shape index (κ1) is 18.1. The summed E-state index contributed by atoms with van der Waals surface area (Å²) >= 11 is 11.8. The number of hydrogen-bond acceptors (Lipinski definition) is 3. The van der Waals surface area contributed by atoms with Gasteiger partial charge in [0.15, 0.2) is 0 Å². The average Bonchev–Trinajstić information content (AvgIpc) is 2.55. The van der Waals surface area contributed by atoms with Gasteiger partial charge in [-0.3, -0.25) is 4.79 Å². The molecule has 5 nitrogen and oxygen atoms in total. The van der Waals surface area contributed by atoms with Gasteiger partial charge < -0.3 is 15.2 Å². The van der Waals surface area contributed by atoms with E-state index in [1.54, 1.807) is 12.1 Å². The third kappa shape index (κ3) is 5.44. The van der Waals surface area contributed by atoms with Gasteiger partial charge in [-0.1, -0.05) is 59.6 Å². The monoisotopic (exact) mass is 367 g/mol. The Bertz CT molecular complexity index is 722. The number of benzene rings is 2. The van der Waals surface area contributed by atoms with Crippen molar-refractivity contribution in [2.24, 2.45) is 0 Å². The summed E-state index contributed by atoms with van der Waals surface area (Å²) in [5, 5.41) is 12.2. The van der Waals surface area contributed by atoms with Crippen LogP contribution in [0.1, 0.15) is 23.6 Å². The van der Waals surface area contributed by atoms with E-state index in [0.29, 0.717) is 10.6 Å². The molecule has 24 heavy (non-hydrogen) atoms. The maximum atomic E-state index is 11.9. The second-order valence-corrected chi connectivity index (χ2v) is 5.84. The highest BCUT2D eigenvalue weighted by atomic mass is 35.5. The molecule has 0 radical (unpaired) electrons. The van der Waals surface area contributed by atoms with Gasteiger partial charge in [-0.05, 0) is 23.3 Å². The second kappa shape index (κ2) is 8.57. The van der Waals surface area contributed by atoms with Crippen molar-refractivity contribution in [3.8, 4) is 0 Å². The fourth-order valence-corrected chi connectivity index (χ4v) is 2.37. The molecule has 1 unspecified atom stereocenters. The Kier molecular flexibility index (Phi) is 6.46. The van der Waals surface area contributed by atoms with E-state index in [0.717, 1.165) is 5.56 Å². The highest BCUT2D eigenvalue weighted by molar-refractivity contribution is 6.42. The number of carbonyl (C=O) groups is 2. The fraction of sp³-hybridized carbons (Fsp3) is 0.176. The number of carboxylic acids is 1. The Hall–Kier alpha value is -2.24. The zero-order valence-corrected chi connectivity index (χ0v) is 14.1. The van der Waals surface area contributed by atoms with Crippen LogP contribution in [0.25, 0.3) is 0 Å². The Balaban J connectivity index is 2.03. The molecule has 7 heteroatoms. The summed E-state index contributed by atoms with van der Waals surface area (Å²) in [6.45, 7) is 0.0911. The standard InChI is InChI=1S/C17H15Cl2NO4/c18-13-7-6-12(8-14(13)19)15(9-16(21)22)20-17(23)24-10-11-4-2-1-3-5-11/h1-8,15H,9-10H2,(H,20,23)(H,21,22). The Morgan fingerprint density at radius 3 is 2.42 bits per heavy atom. The number of rotatable bonds is 6. The van der Waals surface area contributed by atoms with Crippen LogP contribution in [-0.4, -0.2) is 17.2 Å². The van der Waals surface area contributed by atoms with E-state index in [4.69, 9.17) is 33.0 Å². The number of ether oxygens (including phenoxy) is 1. The van der Waals surface area contributed by atoms with E-state index >= 15 is 0 Å². The third-order valence-corrected chi connectivity index (χ3v) is 3.97. The van der Waals surface area contributed by atoms with E-state index in [2.05, 4.69) is 5.32 Å². The van der Waals surface area contributed by atoms with Crippen molar-refractivity contribution < 1.29 is 19.4 Å². The molecule has 0 aliphatic rings. The number of halogens is 2. The molecule has 126 valence electrons. The molecule has 2 aromatic carbocycles. The summed E-state index contributed by atoms with van der Waals surface area (Å²) < 4.78 is 5.11. The van der Waals surface area contributed by atoms with Crippen LogP contribution in [0.3, 0.4) is 0 Å².